The van der Waals surface area contributed by atoms with E-state index in [1.54, 1.807) is 7.11 Å². The number of rotatable bonds is 9. The van der Waals surface area contributed by atoms with Gasteiger partial charge in [0, 0.05) is 0 Å². The third-order valence-corrected chi connectivity index (χ3v) is 5.82. The molecular weight excluding hydrogens is 398 g/mol. The monoisotopic (exact) mass is 425 g/mol. The van der Waals surface area contributed by atoms with Crippen LogP contribution in [0.25, 0.3) is 11.4 Å². The van der Waals surface area contributed by atoms with Crippen LogP contribution in [0.1, 0.15) is 38.3 Å². The van der Waals surface area contributed by atoms with Crippen molar-refractivity contribution < 1.29 is 9.53 Å². The van der Waals surface area contributed by atoms with Gasteiger partial charge in [-0.15, -0.1) is 10.2 Å². The van der Waals surface area contributed by atoms with Gasteiger partial charge in [-0.2, -0.15) is 0 Å². The third-order valence-electron chi connectivity index (χ3n) is 4.76. The van der Waals surface area contributed by atoms with Crippen molar-refractivity contribution in [1.82, 2.24) is 20.2 Å². The second-order valence-electron chi connectivity index (χ2n) is 6.90. The molecule has 0 bridgehead atoms. The fourth-order valence-corrected chi connectivity index (χ4v) is 3.95. The molecule has 1 aromatic heterocycles. The quantitative estimate of drug-likeness (QED) is 0.400. The number of nitrogens with zero attached hydrogens (tertiary/aromatic N) is 3. The number of aromatic nitrogens is 3. The van der Waals surface area contributed by atoms with E-state index in [1.165, 1.54) is 16.4 Å². The molecule has 1 amide bonds. The van der Waals surface area contributed by atoms with E-state index < -0.39 is 0 Å². The Morgan fingerprint density at radius 1 is 1.17 bits per heavy atom. The van der Waals surface area contributed by atoms with E-state index in [4.69, 9.17) is 10.6 Å². The van der Waals surface area contributed by atoms with Crippen molar-refractivity contribution in [3.63, 3.8) is 0 Å². The lowest BCUT2D eigenvalue weighted by atomic mass is 10.0. The standard InChI is InChI=1S/C22H27N5O2S/c1-4-10-18(16-11-6-5-7-12-16)24-21(28)15(2)30-22-26-25-20(27(22)23)17-13-8-9-14-19(17)29-3/h5-9,11-15,18H,4,10,23H2,1-3H3,(H,24,28). The molecule has 2 unspecified atom stereocenters. The summed E-state index contributed by atoms with van der Waals surface area (Å²) >= 11 is 1.27. The SMILES string of the molecule is CCCC(NC(=O)C(C)Sc1nnc(-c2ccccc2OC)n1N)c1ccccc1. The zero-order valence-electron chi connectivity index (χ0n) is 17.4. The average Bonchev–Trinajstić information content (AvgIpc) is 3.13. The number of hydrogen-bond donors (Lipinski definition) is 2. The Kier molecular flexibility index (Phi) is 7.35. The first kappa shape index (κ1) is 21.7. The number of ether oxygens (including phenoxy) is 1. The van der Waals surface area contributed by atoms with Crippen LogP contribution in [0.2, 0.25) is 0 Å². The number of nitrogens with two attached hydrogens (primary N) is 1. The van der Waals surface area contributed by atoms with Gasteiger partial charge in [0.2, 0.25) is 11.1 Å². The molecule has 2 aromatic carbocycles. The lowest BCUT2D eigenvalue weighted by Crippen LogP contribution is -2.34. The molecule has 2 atom stereocenters. The lowest BCUT2D eigenvalue weighted by Gasteiger charge is -2.21. The first-order valence-electron chi connectivity index (χ1n) is 9.91. The highest BCUT2D eigenvalue weighted by atomic mass is 32.2. The van der Waals surface area contributed by atoms with Crippen molar-refractivity contribution in [2.24, 2.45) is 0 Å². The molecule has 0 spiro atoms. The summed E-state index contributed by atoms with van der Waals surface area (Å²) in [7, 11) is 1.59. The molecule has 3 N–H and O–H groups in total. The number of carbonyl (C=O) groups excluding carboxylic acids is 1. The lowest BCUT2D eigenvalue weighted by molar-refractivity contribution is -0.121. The van der Waals surface area contributed by atoms with Crippen LogP contribution in [0.3, 0.4) is 0 Å². The van der Waals surface area contributed by atoms with Crippen LogP contribution in [0.4, 0.5) is 0 Å². The summed E-state index contributed by atoms with van der Waals surface area (Å²) in [6, 6.07) is 17.5. The molecule has 3 rings (SSSR count). The molecule has 0 aliphatic rings. The van der Waals surface area contributed by atoms with Gasteiger partial charge in [0.15, 0.2) is 5.82 Å². The Hall–Kier alpha value is -3.00. The molecule has 0 saturated heterocycles. The third kappa shape index (κ3) is 4.94. The van der Waals surface area contributed by atoms with E-state index in [2.05, 4.69) is 22.4 Å². The number of amides is 1. The van der Waals surface area contributed by atoms with Gasteiger partial charge in [-0.25, -0.2) is 4.68 Å². The number of thioether (sulfide) groups is 1. The minimum atomic E-state index is -0.384. The van der Waals surface area contributed by atoms with Crippen LogP contribution in [0, 0.1) is 0 Å². The Bertz CT molecular complexity index is 977. The summed E-state index contributed by atoms with van der Waals surface area (Å²) in [5, 5.41) is 11.6. The van der Waals surface area contributed by atoms with Crippen LogP contribution in [-0.4, -0.2) is 33.1 Å². The average molecular weight is 426 g/mol. The molecule has 0 fully saturated rings. The highest BCUT2D eigenvalue weighted by molar-refractivity contribution is 8.00. The normalized spacial score (nSPS) is 12.9. The molecule has 0 radical (unpaired) electrons. The van der Waals surface area contributed by atoms with Crippen LogP contribution in [0.5, 0.6) is 5.75 Å². The molecule has 30 heavy (non-hydrogen) atoms. The number of para-hydroxylation sites is 1. The van der Waals surface area contributed by atoms with Crippen molar-refractivity contribution in [2.75, 3.05) is 13.0 Å². The Balaban J connectivity index is 1.72. The van der Waals surface area contributed by atoms with Crippen molar-refractivity contribution in [1.29, 1.82) is 0 Å². The minimum Gasteiger partial charge on any atom is -0.496 e. The van der Waals surface area contributed by atoms with Gasteiger partial charge in [0.05, 0.1) is 24.0 Å². The fourth-order valence-electron chi connectivity index (χ4n) is 3.17. The summed E-state index contributed by atoms with van der Waals surface area (Å²) in [6.45, 7) is 3.95. The minimum absolute atomic E-state index is 0.0216. The predicted molar refractivity (Wildman–Crippen MR) is 120 cm³/mol. The number of nitrogen functional groups attached to an aromatic ring is 1. The fraction of sp³-hybridized carbons (Fsp3) is 0.318. The molecule has 3 aromatic rings. The number of carbonyl (C=O) groups is 1. The van der Waals surface area contributed by atoms with Gasteiger partial charge >= 0.3 is 0 Å². The molecule has 7 nitrogen and oxygen atoms in total. The second-order valence-corrected chi connectivity index (χ2v) is 8.21. The number of methoxy groups -OCH3 is 1. The summed E-state index contributed by atoms with van der Waals surface area (Å²) < 4.78 is 6.78. The van der Waals surface area contributed by atoms with E-state index >= 15 is 0 Å². The Morgan fingerprint density at radius 2 is 1.87 bits per heavy atom. The molecule has 1 heterocycles. The maximum Gasteiger partial charge on any atom is 0.233 e. The maximum atomic E-state index is 12.8. The summed E-state index contributed by atoms with van der Waals surface area (Å²) in [5.74, 6) is 7.30. The summed E-state index contributed by atoms with van der Waals surface area (Å²) in [6.07, 6.45) is 1.85. The van der Waals surface area contributed by atoms with Gasteiger partial charge in [-0.1, -0.05) is 67.6 Å². The molecule has 0 aliphatic heterocycles. The zero-order valence-corrected chi connectivity index (χ0v) is 18.2. The van der Waals surface area contributed by atoms with Crippen LogP contribution in [0.15, 0.2) is 59.8 Å². The van der Waals surface area contributed by atoms with E-state index in [1.807, 2.05) is 61.5 Å². The van der Waals surface area contributed by atoms with Crippen molar-refractivity contribution >= 4 is 17.7 Å². The van der Waals surface area contributed by atoms with E-state index in [0.29, 0.717) is 16.7 Å². The maximum absolute atomic E-state index is 12.8. The number of hydrogen-bond acceptors (Lipinski definition) is 6. The van der Waals surface area contributed by atoms with Crippen molar-refractivity contribution in [2.45, 2.75) is 43.1 Å². The molecular formula is C22H27N5O2S. The molecule has 0 saturated carbocycles. The smallest absolute Gasteiger partial charge is 0.233 e. The topological polar surface area (TPSA) is 95.1 Å². The van der Waals surface area contributed by atoms with Gasteiger partial charge in [0.25, 0.3) is 0 Å². The first-order valence-corrected chi connectivity index (χ1v) is 10.8. The zero-order chi connectivity index (χ0) is 21.5. The first-order chi connectivity index (χ1) is 14.5. The van der Waals surface area contributed by atoms with Crippen LogP contribution >= 0.6 is 11.8 Å². The molecule has 8 heteroatoms. The van der Waals surface area contributed by atoms with Crippen molar-refractivity contribution in [3.8, 4) is 17.1 Å². The van der Waals surface area contributed by atoms with Crippen molar-refractivity contribution in [3.05, 3.63) is 60.2 Å². The Morgan fingerprint density at radius 3 is 2.57 bits per heavy atom. The van der Waals surface area contributed by atoms with Crippen LogP contribution < -0.4 is 15.9 Å². The highest BCUT2D eigenvalue weighted by Crippen LogP contribution is 2.30. The van der Waals surface area contributed by atoms with Gasteiger partial charge in [-0.05, 0) is 31.0 Å². The van der Waals surface area contributed by atoms with E-state index in [-0.39, 0.29) is 17.2 Å². The molecule has 0 aliphatic carbocycles. The van der Waals surface area contributed by atoms with E-state index in [9.17, 15) is 4.79 Å². The van der Waals surface area contributed by atoms with Gasteiger partial charge < -0.3 is 15.9 Å². The summed E-state index contributed by atoms with van der Waals surface area (Å²) in [4.78, 5) is 12.8. The van der Waals surface area contributed by atoms with Gasteiger partial charge in [0.1, 0.15) is 5.75 Å². The number of benzene rings is 2. The summed E-state index contributed by atoms with van der Waals surface area (Å²) in [5.41, 5.74) is 1.84. The van der Waals surface area contributed by atoms with Crippen LogP contribution in [-0.2, 0) is 4.79 Å². The second kappa shape index (κ2) is 10.2. The predicted octanol–water partition coefficient (Wildman–Crippen LogP) is 3.81. The largest absolute Gasteiger partial charge is 0.496 e. The number of nitrogens with one attached hydrogen (secondary N) is 1. The van der Waals surface area contributed by atoms with E-state index in [0.717, 1.165) is 24.0 Å². The molecule has 158 valence electrons. The van der Waals surface area contributed by atoms with Gasteiger partial charge in [-0.3, -0.25) is 4.79 Å². The Labute approximate surface area is 181 Å². The highest BCUT2D eigenvalue weighted by Gasteiger charge is 2.23.